The summed E-state index contributed by atoms with van der Waals surface area (Å²) in [7, 11) is 1.44. The number of nitrogens with zero attached hydrogens (tertiary/aromatic N) is 2. The highest BCUT2D eigenvalue weighted by Crippen LogP contribution is 2.36. The molecule has 7 nitrogen and oxygen atoms in total. The van der Waals surface area contributed by atoms with Crippen molar-refractivity contribution in [2.24, 2.45) is 13.0 Å². The SMILES string of the molecule is CCc1cccc(OCC(COc2ccc(-c3nn(C)c(OC(F)F)c3Cl)cc2)C(=O)O)c1. The number of carboxylic acid groups (broad SMARTS) is 1. The molecule has 1 N–H and O–H groups in total. The summed E-state index contributed by atoms with van der Waals surface area (Å²) >= 11 is 6.14. The largest absolute Gasteiger partial charge is 0.493 e. The number of benzene rings is 2. The summed E-state index contributed by atoms with van der Waals surface area (Å²) in [5, 5.41) is 13.6. The molecular formula is C23H23ClF2N2O5. The number of aliphatic carboxylic acids is 1. The lowest BCUT2D eigenvalue weighted by molar-refractivity contribution is -0.143. The Kier molecular flexibility index (Phi) is 8.11. The summed E-state index contributed by atoms with van der Waals surface area (Å²) in [6.07, 6.45) is 0.850. The number of rotatable bonds is 11. The van der Waals surface area contributed by atoms with Crippen LogP contribution >= 0.6 is 11.6 Å². The Morgan fingerprint density at radius 3 is 2.39 bits per heavy atom. The fraction of sp³-hybridized carbons (Fsp3) is 0.304. The first kappa shape index (κ1) is 24.3. The van der Waals surface area contributed by atoms with Crippen molar-refractivity contribution >= 4 is 17.6 Å². The monoisotopic (exact) mass is 480 g/mol. The number of ether oxygens (including phenoxy) is 3. The predicted molar refractivity (Wildman–Crippen MR) is 118 cm³/mol. The van der Waals surface area contributed by atoms with E-state index in [-0.39, 0.29) is 29.8 Å². The van der Waals surface area contributed by atoms with Gasteiger partial charge in [0.2, 0.25) is 5.88 Å². The fourth-order valence-electron chi connectivity index (χ4n) is 3.03. The van der Waals surface area contributed by atoms with Gasteiger partial charge in [0.1, 0.15) is 41.3 Å². The van der Waals surface area contributed by atoms with Gasteiger partial charge >= 0.3 is 12.6 Å². The third-order valence-electron chi connectivity index (χ3n) is 4.83. The van der Waals surface area contributed by atoms with E-state index in [2.05, 4.69) is 9.84 Å². The van der Waals surface area contributed by atoms with E-state index >= 15 is 0 Å². The van der Waals surface area contributed by atoms with Crippen LogP contribution < -0.4 is 14.2 Å². The highest BCUT2D eigenvalue weighted by atomic mass is 35.5. The molecule has 0 amide bonds. The Morgan fingerprint density at radius 2 is 1.79 bits per heavy atom. The quantitative estimate of drug-likeness (QED) is 0.413. The average Bonchev–Trinajstić information content (AvgIpc) is 3.07. The zero-order valence-corrected chi connectivity index (χ0v) is 18.8. The molecule has 0 fully saturated rings. The van der Waals surface area contributed by atoms with Gasteiger partial charge in [-0.2, -0.15) is 13.9 Å². The minimum absolute atomic E-state index is 0.0401. The minimum Gasteiger partial charge on any atom is -0.493 e. The standard InChI is InChI=1S/C23H23ClF2N2O5/c1-3-14-5-4-6-18(11-14)32-13-16(22(29)30)12-31-17-9-7-15(8-10-17)20-19(24)21(28(2)27-20)33-23(25)26/h4-11,16,23H,3,12-13H2,1-2H3,(H,29,30). The van der Waals surface area contributed by atoms with Gasteiger partial charge in [-0.25, -0.2) is 4.68 Å². The molecule has 1 heterocycles. The van der Waals surface area contributed by atoms with Crippen LogP contribution in [0.1, 0.15) is 12.5 Å². The molecule has 0 saturated carbocycles. The highest BCUT2D eigenvalue weighted by Gasteiger charge is 2.21. The highest BCUT2D eigenvalue weighted by molar-refractivity contribution is 6.34. The lowest BCUT2D eigenvalue weighted by atomic mass is 10.1. The van der Waals surface area contributed by atoms with E-state index in [1.807, 2.05) is 25.1 Å². The van der Waals surface area contributed by atoms with Gasteiger partial charge < -0.3 is 19.3 Å². The van der Waals surface area contributed by atoms with Crippen LogP contribution in [-0.4, -0.2) is 40.7 Å². The van der Waals surface area contributed by atoms with E-state index in [4.69, 9.17) is 21.1 Å². The van der Waals surface area contributed by atoms with Crippen molar-refractivity contribution in [2.45, 2.75) is 20.0 Å². The molecule has 33 heavy (non-hydrogen) atoms. The second kappa shape index (κ2) is 11.0. The van der Waals surface area contributed by atoms with Gasteiger partial charge in [0, 0.05) is 12.6 Å². The van der Waals surface area contributed by atoms with Crippen LogP contribution in [0, 0.1) is 5.92 Å². The van der Waals surface area contributed by atoms with Crippen molar-refractivity contribution in [3.63, 3.8) is 0 Å². The first-order valence-electron chi connectivity index (χ1n) is 10.1. The van der Waals surface area contributed by atoms with Crippen LogP contribution in [0.25, 0.3) is 11.3 Å². The van der Waals surface area contributed by atoms with Gasteiger partial charge in [-0.1, -0.05) is 30.7 Å². The third-order valence-corrected chi connectivity index (χ3v) is 5.17. The molecule has 1 atom stereocenters. The maximum absolute atomic E-state index is 12.5. The Labute approximate surface area is 194 Å². The van der Waals surface area contributed by atoms with Crippen LogP contribution in [0.4, 0.5) is 8.78 Å². The first-order valence-corrected chi connectivity index (χ1v) is 10.5. The maximum atomic E-state index is 12.5. The molecule has 0 aliphatic rings. The van der Waals surface area contributed by atoms with Crippen LogP contribution in [0.3, 0.4) is 0 Å². The van der Waals surface area contributed by atoms with Gasteiger partial charge in [-0.3, -0.25) is 4.79 Å². The van der Waals surface area contributed by atoms with Crippen LogP contribution in [0.5, 0.6) is 17.4 Å². The van der Waals surface area contributed by atoms with Crippen molar-refractivity contribution in [3.8, 4) is 28.6 Å². The van der Waals surface area contributed by atoms with E-state index in [0.29, 0.717) is 17.1 Å². The van der Waals surface area contributed by atoms with Crippen molar-refractivity contribution < 1.29 is 32.9 Å². The van der Waals surface area contributed by atoms with Gasteiger partial charge in [0.25, 0.3) is 0 Å². The van der Waals surface area contributed by atoms with Crippen molar-refractivity contribution in [1.82, 2.24) is 9.78 Å². The Hall–Kier alpha value is -3.33. The summed E-state index contributed by atoms with van der Waals surface area (Å²) in [6.45, 7) is -1.14. The van der Waals surface area contributed by atoms with Crippen molar-refractivity contribution in [2.75, 3.05) is 13.2 Å². The Morgan fingerprint density at radius 1 is 1.12 bits per heavy atom. The van der Waals surface area contributed by atoms with E-state index in [0.717, 1.165) is 16.7 Å². The summed E-state index contributed by atoms with van der Waals surface area (Å²) in [6, 6.07) is 14.0. The minimum atomic E-state index is -3.02. The molecular weight excluding hydrogens is 458 g/mol. The molecule has 176 valence electrons. The van der Waals surface area contributed by atoms with Gasteiger partial charge in [-0.15, -0.1) is 0 Å². The molecule has 1 aromatic heterocycles. The van der Waals surface area contributed by atoms with Crippen LogP contribution in [0.2, 0.25) is 5.02 Å². The number of hydrogen-bond acceptors (Lipinski definition) is 5. The summed E-state index contributed by atoms with van der Waals surface area (Å²) in [5.41, 5.74) is 1.92. The van der Waals surface area contributed by atoms with Crippen LogP contribution in [-0.2, 0) is 18.3 Å². The zero-order chi connectivity index (χ0) is 24.0. The van der Waals surface area contributed by atoms with Crippen molar-refractivity contribution in [1.29, 1.82) is 0 Å². The molecule has 10 heteroatoms. The molecule has 0 bridgehead atoms. The van der Waals surface area contributed by atoms with Crippen LogP contribution in [0.15, 0.2) is 48.5 Å². The normalized spacial score (nSPS) is 11.9. The first-order chi connectivity index (χ1) is 15.8. The molecule has 0 spiro atoms. The number of aryl methyl sites for hydroxylation is 2. The zero-order valence-electron chi connectivity index (χ0n) is 18.0. The van der Waals surface area contributed by atoms with Crippen molar-refractivity contribution in [3.05, 3.63) is 59.1 Å². The average molecular weight is 481 g/mol. The topological polar surface area (TPSA) is 82.8 Å². The second-order valence-corrected chi connectivity index (χ2v) is 7.53. The number of carboxylic acids is 1. The summed E-state index contributed by atoms with van der Waals surface area (Å²) in [4.78, 5) is 11.6. The van der Waals surface area contributed by atoms with Gasteiger partial charge in [0.05, 0.1) is 0 Å². The lowest BCUT2D eigenvalue weighted by Gasteiger charge is -2.15. The van der Waals surface area contributed by atoms with E-state index in [9.17, 15) is 18.7 Å². The molecule has 0 aliphatic carbocycles. The smallest absolute Gasteiger partial charge is 0.388 e. The molecule has 0 aliphatic heterocycles. The third kappa shape index (κ3) is 6.35. The van der Waals surface area contributed by atoms with Gasteiger partial charge in [-0.05, 0) is 48.4 Å². The molecule has 2 aromatic carbocycles. The molecule has 3 aromatic rings. The molecule has 3 rings (SSSR count). The lowest BCUT2D eigenvalue weighted by Crippen LogP contribution is -2.27. The molecule has 0 radical (unpaired) electrons. The predicted octanol–water partition coefficient (Wildman–Crippen LogP) is 5.06. The second-order valence-electron chi connectivity index (χ2n) is 7.15. The van der Waals surface area contributed by atoms with E-state index in [1.165, 1.54) is 7.05 Å². The van der Waals surface area contributed by atoms with Gasteiger partial charge in [0.15, 0.2) is 0 Å². The number of halogens is 3. The number of carbonyl (C=O) groups is 1. The Bertz CT molecular complexity index is 1090. The number of alkyl halides is 2. The summed E-state index contributed by atoms with van der Waals surface area (Å²) < 4.78 is 41.9. The molecule has 0 saturated heterocycles. The Balaban J connectivity index is 1.62. The van der Waals surface area contributed by atoms with E-state index in [1.54, 1.807) is 30.3 Å². The molecule has 1 unspecified atom stereocenters. The fourth-order valence-corrected chi connectivity index (χ4v) is 3.34. The maximum Gasteiger partial charge on any atom is 0.388 e. The number of hydrogen-bond donors (Lipinski definition) is 1. The number of aromatic nitrogens is 2. The summed E-state index contributed by atoms with van der Waals surface area (Å²) in [5.74, 6) is -1.13. The van der Waals surface area contributed by atoms with E-state index < -0.39 is 18.5 Å².